The van der Waals surface area contributed by atoms with Crippen molar-refractivity contribution in [3.05, 3.63) is 41.1 Å². The van der Waals surface area contributed by atoms with E-state index in [4.69, 9.17) is 15.6 Å². The highest BCUT2D eigenvalue weighted by atomic mass is 16.5. The quantitative estimate of drug-likeness (QED) is 0.700. The lowest BCUT2D eigenvalue weighted by molar-refractivity contribution is -0.0458. The van der Waals surface area contributed by atoms with Gasteiger partial charge in [0.15, 0.2) is 0 Å². The molecule has 0 unspecified atom stereocenters. The van der Waals surface area contributed by atoms with E-state index >= 15 is 0 Å². The van der Waals surface area contributed by atoms with Crippen LogP contribution in [0.4, 0.5) is 5.82 Å². The second kappa shape index (κ2) is 5.84. The van der Waals surface area contributed by atoms with Gasteiger partial charge in [0.05, 0.1) is 24.0 Å². The van der Waals surface area contributed by atoms with Gasteiger partial charge in [0.25, 0.3) is 0 Å². The number of nitrogen functional groups attached to an aromatic ring is 1. The Morgan fingerprint density at radius 2 is 2.27 bits per heavy atom. The fourth-order valence-electron chi connectivity index (χ4n) is 2.46. The number of anilines is 1. The van der Waals surface area contributed by atoms with Crippen molar-refractivity contribution in [2.45, 2.75) is 24.9 Å². The maximum absolute atomic E-state index is 12.0. The Hall–Kier alpha value is -2.29. The standard InChI is InChI=1S/C14H16N4O4/c15-13-8(9-3-1-2-4-16-9)6-18(14(21)17-13)12-5-10(20)11(7-19)22-12/h1-4,6,10-12,19-20H,5,7H2,(H2,15,17,21)/t10-,11+,12+/m0/s1. The molecule has 1 aliphatic heterocycles. The minimum atomic E-state index is -0.835. The van der Waals surface area contributed by atoms with Gasteiger partial charge < -0.3 is 20.7 Å². The van der Waals surface area contributed by atoms with E-state index in [1.54, 1.807) is 24.4 Å². The third-order valence-corrected chi connectivity index (χ3v) is 3.62. The predicted molar refractivity (Wildman–Crippen MR) is 77.8 cm³/mol. The van der Waals surface area contributed by atoms with Gasteiger partial charge in [-0.15, -0.1) is 0 Å². The van der Waals surface area contributed by atoms with E-state index in [0.717, 1.165) is 0 Å². The van der Waals surface area contributed by atoms with Crippen LogP contribution < -0.4 is 11.4 Å². The molecular weight excluding hydrogens is 288 g/mol. The summed E-state index contributed by atoms with van der Waals surface area (Å²) in [7, 11) is 0. The lowest BCUT2D eigenvalue weighted by Crippen LogP contribution is -2.28. The van der Waals surface area contributed by atoms with E-state index in [1.165, 1.54) is 10.8 Å². The van der Waals surface area contributed by atoms with Crippen LogP contribution in [-0.2, 0) is 4.74 Å². The lowest BCUT2D eigenvalue weighted by atomic mass is 10.2. The number of hydrogen-bond acceptors (Lipinski definition) is 7. The topological polar surface area (TPSA) is 123 Å². The molecule has 0 amide bonds. The second-order valence-electron chi connectivity index (χ2n) is 5.06. The Labute approximate surface area is 125 Å². The molecule has 0 aliphatic carbocycles. The molecule has 22 heavy (non-hydrogen) atoms. The van der Waals surface area contributed by atoms with Crippen LogP contribution in [0.5, 0.6) is 0 Å². The predicted octanol–water partition coefficient (Wildman–Crippen LogP) is -0.472. The Morgan fingerprint density at radius 1 is 1.45 bits per heavy atom. The highest BCUT2D eigenvalue weighted by Gasteiger charge is 2.35. The van der Waals surface area contributed by atoms with Gasteiger partial charge in [0, 0.05) is 18.8 Å². The number of ether oxygens (including phenoxy) is 1. The average Bonchev–Trinajstić information content (AvgIpc) is 2.89. The second-order valence-corrected chi connectivity index (χ2v) is 5.06. The molecular formula is C14H16N4O4. The molecule has 3 atom stereocenters. The average molecular weight is 304 g/mol. The van der Waals surface area contributed by atoms with E-state index in [2.05, 4.69) is 9.97 Å². The first-order chi connectivity index (χ1) is 10.6. The molecule has 2 aromatic rings. The summed E-state index contributed by atoms with van der Waals surface area (Å²) in [6.45, 7) is -0.318. The first kappa shape index (κ1) is 14.6. The number of aromatic nitrogens is 3. The van der Waals surface area contributed by atoms with E-state index in [9.17, 15) is 9.90 Å². The number of nitrogens with two attached hydrogens (primary N) is 1. The molecule has 8 nitrogen and oxygen atoms in total. The van der Waals surface area contributed by atoms with Gasteiger partial charge in [-0.3, -0.25) is 9.55 Å². The van der Waals surface area contributed by atoms with Gasteiger partial charge in [0.2, 0.25) is 0 Å². The summed E-state index contributed by atoms with van der Waals surface area (Å²) in [6.07, 6.45) is 1.07. The lowest BCUT2D eigenvalue weighted by Gasteiger charge is -2.16. The van der Waals surface area contributed by atoms with Crippen molar-refractivity contribution in [1.29, 1.82) is 0 Å². The molecule has 1 aliphatic rings. The number of hydrogen-bond donors (Lipinski definition) is 3. The van der Waals surface area contributed by atoms with Gasteiger partial charge >= 0.3 is 5.69 Å². The first-order valence-electron chi connectivity index (χ1n) is 6.84. The molecule has 0 aromatic carbocycles. The largest absolute Gasteiger partial charge is 0.394 e. The van der Waals surface area contributed by atoms with Gasteiger partial charge in [-0.2, -0.15) is 4.98 Å². The van der Waals surface area contributed by atoms with E-state index in [-0.39, 0.29) is 18.8 Å². The fraction of sp³-hybridized carbons (Fsp3) is 0.357. The number of aliphatic hydroxyl groups excluding tert-OH is 2. The van der Waals surface area contributed by atoms with E-state index < -0.39 is 24.1 Å². The molecule has 4 N–H and O–H groups in total. The molecule has 3 rings (SSSR count). The van der Waals surface area contributed by atoms with Gasteiger partial charge in [-0.1, -0.05) is 6.07 Å². The zero-order valence-corrected chi connectivity index (χ0v) is 11.7. The molecule has 0 bridgehead atoms. The normalized spacial score (nSPS) is 24.5. The summed E-state index contributed by atoms with van der Waals surface area (Å²) in [4.78, 5) is 20.0. The van der Waals surface area contributed by atoms with Crippen LogP contribution in [0.3, 0.4) is 0 Å². The van der Waals surface area contributed by atoms with Crippen LogP contribution in [0.15, 0.2) is 35.4 Å². The summed E-state index contributed by atoms with van der Waals surface area (Å²) in [6, 6.07) is 5.32. The van der Waals surface area contributed by atoms with Crippen LogP contribution in [0.2, 0.25) is 0 Å². The van der Waals surface area contributed by atoms with Crippen molar-refractivity contribution < 1.29 is 14.9 Å². The monoisotopic (exact) mass is 304 g/mol. The molecule has 1 fully saturated rings. The smallest absolute Gasteiger partial charge is 0.351 e. The maximum atomic E-state index is 12.0. The molecule has 0 radical (unpaired) electrons. The zero-order chi connectivity index (χ0) is 15.7. The highest BCUT2D eigenvalue weighted by Crippen LogP contribution is 2.29. The Morgan fingerprint density at radius 3 is 2.91 bits per heavy atom. The maximum Gasteiger partial charge on any atom is 0.351 e. The number of pyridine rings is 1. The SMILES string of the molecule is Nc1nc(=O)n([C@H]2C[C@H](O)[C@@H](CO)O2)cc1-c1ccccn1. The summed E-state index contributed by atoms with van der Waals surface area (Å²) in [5, 5.41) is 18.9. The van der Waals surface area contributed by atoms with Crippen molar-refractivity contribution in [2.24, 2.45) is 0 Å². The third kappa shape index (κ3) is 2.59. The van der Waals surface area contributed by atoms with Crippen LogP contribution in [0.25, 0.3) is 11.3 Å². The number of aliphatic hydroxyl groups is 2. The Bertz CT molecular complexity index is 719. The number of nitrogens with zero attached hydrogens (tertiary/aromatic N) is 3. The fourth-order valence-corrected chi connectivity index (χ4v) is 2.46. The molecule has 1 saturated heterocycles. The van der Waals surface area contributed by atoms with Crippen molar-refractivity contribution >= 4 is 5.82 Å². The van der Waals surface area contributed by atoms with Gasteiger partial charge in [0.1, 0.15) is 18.1 Å². The first-order valence-corrected chi connectivity index (χ1v) is 6.84. The van der Waals surface area contributed by atoms with Gasteiger partial charge in [-0.05, 0) is 12.1 Å². The van der Waals surface area contributed by atoms with Crippen molar-refractivity contribution in [1.82, 2.24) is 14.5 Å². The van der Waals surface area contributed by atoms with E-state index in [0.29, 0.717) is 11.3 Å². The van der Waals surface area contributed by atoms with E-state index in [1.807, 2.05) is 0 Å². The minimum absolute atomic E-state index is 0.0807. The van der Waals surface area contributed by atoms with Crippen molar-refractivity contribution in [3.8, 4) is 11.3 Å². The zero-order valence-electron chi connectivity index (χ0n) is 11.7. The van der Waals surface area contributed by atoms with Crippen molar-refractivity contribution in [3.63, 3.8) is 0 Å². The van der Waals surface area contributed by atoms with Crippen molar-refractivity contribution in [2.75, 3.05) is 12.3 Å². The van der Waals surface area contributed by atoms with Crippen LogP contribution in [0, 0.1) is 0 Å². The number of rotatable bonds is 3. The molecule has 3 heterocycles. The Balaban J connectivity index is 2.01. The van der Waals surface area contributed by atoms with Gasteiger partial charge in [-0.25, -0.2) is 4.79 Å². The summed E-state index contributed by atoms with van der Waals surface area (Å²) >= 11 is 0. The molecule has 0 saturated carbocycles. The third-order valence-electron chi connectivity index (χ3n) is 3.62. The minimum Gasteiger partial charge on any atom is -0.394 e. The summed E-state index contributed by atoms with van der Waals surface area (Å²) in [5.74, 6) is 0.0807. The highest BCUT2D eigenvalue weighted by molar-refractivity contribution is 5.69. The molecule has 8 heteroatoms. The van der Waals surface area contributed by atoms with Crippen LogP contribution in [-0.4, -0.2) is 43.6 Å². The molecule has 0 spiro atoms. The Kier molecular flexibility index (Phi) is 3.88. The molecule has 116 valence electrons. The summed E-state index contributed by atoms with van der Waals surface area (Å²) < 4.78 is 6.75. The van der Waals surface area contributed by atoms with Crippen LogP contribution in [0.1, 0.15) is 12.6 Å². The van der Waals surface area contributed by atoms with Crippen LogP contribution >= 0.6 is 0 Å². The molecule has 2 aromatic heterocycles. The summed E-state index contributed by atoms with van der Waals surface area (Å²) in [5.41, 5.74) is 6.32.